The molecule has 0 atom stereocenters. The summed E-state index contributed by atoms with van der Waals surface area (Å²) in [5, 5.41) is 0. The van der Waals surface area contributed by atoms with Gasteiger partial charge in [-0.3, -0.25) is 9.88 Å². The molecule has 0 bridgehead atoms. The normalized spacial score (nSPS) is 15.8. The SMILES string of the molecule is Cc1[nH]c2cccnc2c1CN1CC=C(/C=C/c2ccccc2)CC1. The quantitative estimate of drug-likeness (QED) is 0.751. The molecular formula is C22H23N3. The average Bonchev–Trinajstić information content (AvgIpc) is 2.97. The summed E-state index contributed by atoms with van der Waals surface area (Å²) < 4.78 is 0. The van der Waals surface area contributed by atoms with Gasteiger partial charge in [0.2, 0.25) is 0 Å². The molecule has 0 saturated carbocycles. The number of pyridine rings is 1. The fraction of sp³-hybridized carbons (Fsp3) is 0.227. The molecule has 1 N–H and O–H groups in total. The van der Waals surface area contributed by atoms with Crippen LogP contribution in [0.1, 0.15) is 23.2 Å². The highest BCUT2D eigenvalue weighted by molar-refractivity contribution is 5.80. The third-order valence-corrected chi connectivity index (χ3v) is 4.87. The van der Waals surface area contributed by atoms with Gasteiger partial charge in [-0.1, -0.05) is 48.6 Å². The Bertz CT molecular complexity index is 919. The van der Waals surface area contributed by atoms with Gasteiger partial charge in [0.15, 0.2) is 0 Å². The van der Waals surface area contributed by atoms with Gasteiger partial charge in [-0.25, -0.2) is 0 Å². The van der Waals surface area contributed by atoms with Crippen LogP contribution >= 0.6 is 0 Å². The van der Waals surface area contributed by atoms with E-state index in [0.29, 0.717) is 0 Å². The number of hydrogen-bond donors (Lipinski definition) is 1. The number of allylic oxidation sites excluding steroid dienone is 1. The molecule has 3 heterocycles. The molecule has 1 aliphatic rings. The van der Waals surface area contributed by atoms with E-state index < -0.39 is 0 Å². The lowest BCUT2D eigenvalue weighted by molar-refractivity contribution is 0.288. The van der Waals surface area contributed by atoms with Crippen LogP contribution in [0.4, 0.5) is 0 Å². The van der Waals surface area contributed by atoms with Crippen molar-refractivity contribution < 1.29 is 0 Å². The number of aryl methyl sites for hydroxylation is 1. The van der Waals surface area contributed by atoms with Crippen LogP contribution in [0.3, 0.4) is 0 Å². The minimum atomic E-state index is 0.953. The summed E-state index contributed by atoms with van der Waals surface area (Å²) in [6.07, 6.45) is 9.78. The van der Waals surface area contributed by atoms with E-state index in [4.69, 9.17) is 0 Å². The zero-order valence-corrected chi connectivity index (χ0v) is 14.6. The summed E-state index contributed by atoms with van der Waals surface area (Å²) in [4.78, 5) is 10.5. The lowest BCUT2D eigenvalue weighted by Crippen LogP contribution is -2.28. The largest absolute Gasteiger partial charge is 0.357 e. The number of benzene rings is 1. The molecule has 3 aromatic rings. The van der Waals surface area contributed by atoms with Crippen LogP contribution in [-0.4, -0.2) is 28.0 Å². The Hall–Kier alpha value is -2.65. The molecule has 3 nitrogen and oxygen atoms in total. The summed E-state index contributed by atoms with van der Waals surface area (Å²) in [5.41, 5.74) is 7.48. The number of aromatic nitrogens is 2. The second kappa shape index (κ2) is 7.08. The molecule has 25 heavy (non-hydrogen) atoms. The van der Waals surface area contributed by atoms with E-state index in [2.05, 4.69) is 76.4 Å². The van der Waals surface area contributed by atoms with E-state index in [1.807, 2.05) is 12.3 Å². The molecule has 0 radical (unpaired) electrons. The molecule has 126 valence electrons. The second-order valence-electron chi connectivity index (χ2n) is 6.64. The molecule has 0 amide bonds. The zero-order chi connectivity index (χ0) is 17.1. The van der Waals surface area contributed by atoms with Gasteiger partial charge in [0.05, 0.1) is 11.0 Å². The molecule has 0 spiro atoms. The molecule has 0 aliphatic carbocycles. The first-order chi connectivity index (χ1) is 12.3. The van der Waals surface area contributed by atoms with Crippen LogP contribution in [0.5, 0.6) is 0 Å². The fourth-order valence-electron chi connectivity index (χ4n) is 3.41. The summed E-state index contributed by atoms with van der Waals surface area (Å²) in [6, 6.07) is 14.6. The van der Waals surface area contributed by atoms with Gasteiger partial charge < -0.3 is 4.98 Å². The minimum Gasteiger partial charge on any atom is -0.357 e. The molecular weight excluding hydrogens is 306 g/mol. The number of hydrogen-bond acceptors (Lipinski definition) is 2. The maximum absolute atomic E-state index is 4.56. The van der Waals surface area contributed by atoms with E-state index in [1.165, 1.54) is 22.4 Å². The van der Waals surface area contributed by atoms with Crippen molar-refractivity contribution in [2.75, 3.05) is 13.1 Å². The first-order valence-corrected chi connectivity index (χ1v) is 8.86. The summed E-state index contributed by atoms with van der Waals surface area (Å²) >= 11 is 0. The van der Waals surface area contributed by atoms with Gasteiger partial charge in [0.25, 0.3) is 0 Å². The van der Waals surface area contributed by atoms with Gasteiger partial charge >= 0.3 is 0 Å². The van der Waals surface area contributed by atoms with Crippen LogP contribution in [0, 0.1) is 6.92 Å². The Balaban J connectivity index is 1.44. The monoisotopic (exact) mass is 329 g/mol. The highest BCUT2D eigenvalue weighted by Crippen LogP contribution is 2.23. The van der Waals surface area contributed by atoms with Crippen LogP contribution in [-0.2, 0) is 6.54 Å². The zero-order valence-electron chi connectivity index (χ0n) is 14.6. The van der Waals surface area contributed by atoms with Gasteiger partial charge in [-0.2, -0.15) is 0 Å². The molecule has 2 aromatic heterocycles. The summed E-state index contributed by atoms with van der Waals surface area (Å²) in [6.45, 7) is 5.18. The Labute approximate surface area is 148 Å². The predicted molar refractivity (Wildman–Crippen MR) is 104 cm³/mol. The fourth-order valence-corrected chi connectivity index (χ4v) is 3.41. The maximum atomic E-state index is 4.56. The third-order valence-electron chi connectivity index (χ3n) is 4.87. The van der Waals surface area contributed by atoms with Gasteiger partial charge in [0.1, 0.15) is 0 Å². The first-order valence-electron chi connectivity index (χ1n) is 8.86. The van der Waals surface area contributed by atoms with Crippen molar-refractivity contribution in [2.24, 2.45) is 0 Å². The van der Waals surface area contributed by atoms with Crippen molar-refractivity contribution in [3.05, 3.63) is 83.2 Å². The van der Waals surface area contributed by atoms with Crippen LogP contribution in [0.15, 0.2) is 66.4 Å². The topological polar surface area (TPSA) is 31.9 Å². The number of nitrogens with zero attached hydrogens (tertiary/aromatic N) is 2. The number of nitrogens with one attached hydrogen (secondary N) is 1. The lowest BCUT2D eigenvalue weighted by Gasteiger charge is -2.25. The summed E-state index contributed by atoms with van der Waals surface area (Å²) in [7, 11) is 0. The van der Waals surface area contributed by atoms with E-state index in [9.17, 15) is 0 Å². The molecule has 3 heteroatoms. The van der Waals surface area contributed by atoms with Gasteiger partial charge in [0, 0.05) is 37.1 Å². The minimum absolute atomic E-state index is 0.953. The van der Waals surface area contributed by atoms with E-state index in [1.54, 1.807) is 0 Å². The van der Waals surface area contributed by atoms with Crippen molar-refractivity contribution in [2.45, 2.75) is 19.9 Å². The third kappa shape index (κ3) is 3.57. The molecule has 0 unspecified atom stereocenters. The van der Waals surface area contributed by atoms with Crippen LogP contribution in [0.2, 0.25) is 0 Å². The van der Waals surface area contributed by atoms with Gasteiger partial charge in [-0.05, 0) is 36.6 Å². The van der Waals surface area contributed by atoms with Crippen molar-refractivity contribution in [3.8, 4) is 0 Å². The van der Waals surface area contributed by atoms with Crippen molar-refractivity contribution >= 4 is 17.1 Å². The van der Waals surface area contributed by atoms with E-state index in [-0.39, 0.29) is 0 Å². The van der Waals surface area contributed by atoms with E-state index >= 15 is 0 Å². The molecule has 1 aromatic carbocycles. The second-order valence-corrected chi connectivity index (χ2v) is 6.64. The Kier molecular flexibility index (Phi) is 4.49. The highest BCUT2D eigenvalue weighted by atomic mass is 15.1. The number of fused-ring (bicyclic) bond motifs is 1. The average molecular weight is 329 g/mol. The number of aromatic amines is 1. The van der Waals surface area contributed by atoms with E-state index in [0.717, 1.165) is 37.1 Å². The Morgan fingerprint density at radius 2 is 2.00 bits per heavy atom. The number of H-pyrrole nitrogens is 1. The molecule has 0 saturated heterocycles. The predicted octanol–water partition coefficient (Wildman–Crippen LogP) is 4.72. The van der Waals surface area contributed by atoms with Crippen molar-refractivity contribution in [1.82, 2.24) is 14.9 Å². The standard InChI is InChI=1S/C22H23N3/c1-17-20(22-21(24-17)8-5-13-23-22)16-25-14-11-19(12-15-25)10-9-18-6-3-2-4-7-18/h2-11,13,24H,12,14-16H2,1H3/b10-9+. The lowest BCUT2D eigenvalue weighted by atomic mass is 10.1. The van der Waals surface area contributed by atoms with Crippen molar-refractivity contribution in [1.29, 1.82) is 0 Å². The van der Waals surface area contributed by atoms with Crippen LogP contribution < -0.4 is 0 Å². The van der Waals surface area contributed by atoms with Crippen LogP contribution in [0.25, 0.3) is 17.1 Å². The Morgan fingerprint density at radius 1 is 1.12 bits per heavy atom. The summed E-state index contributed by atoms with van der Waals surface area (Å²) in [5.74, 6) is 0. The van der Waals surface area contributed by atoms with Gasteiger partial charge in [-0.15, -0.1) is 0 Å². The number of rotatable bonds is 4. The highest BCUT2D eigenvalue weighted by Gasteiger charge is 2.15. The smallest absolute Gasteiger partial charge is 0.0926 e. The first kappa shape index (κ1) is 15.9. The van der Waals surface area contributed by atoms with Crippen molar-refractivity contribution in [3.63, 3.8) is 0 Å². The molecule has 4 rings (SSSR count). The molecule has 0 fully saturated rings. The maximum Gasteiger partial charge on any atom is 0.0926 e. The Morgan fingerprint density at radius 3 is 2.80 bits per heavy atom. The molecule has 1 aliphatic heterocycles.